The minimum atomic E-state index is -0.859. The molecule has 0 unspecified atom stereocenters. The summed E-state index contributed by atoms with van der Waals surface area (Å²) < 4.78 is 23.7. The molecular formula is C34H32O6. The molecule has 0 spiro atoms. The van der Waals surface area contributed by atoms with Gasteiger partial charge in [0.15, 0.2) is 0 Å². The quantitative estimate of drug-likeness (QED) is 0.187. The van der Waals surface area contributed by atoms with Crippen LogP contribution in [0.5, 0.6) is 11.5 Å². The van der Waals surface area contributed by atoms with E-state index in [1.54, 1.807) is 14.2 Å². The van der Waals surface area contributed by atoms with Gasteiger partial charge in [0.05, 0.1) is 39.3 Å². The van der Waals surface area contributed by atoms with E-state index in [9.17, 15) is 9.59 Å². The average molecular weight is 537 g/mol. The van der Waals surface area contributed by atoms with Crippen LogP contribution >= 0.6 is 0 Å². The van der Waals surface area contributed by atoms with Crippen LogP contribution in [0.4, 0.5) is 0 Å². The van der Waals surface area contributed by atoms with Gasteiger partial charge in [0.2, 0.25) is 0 Å². The third-order valence-corrected chi connectivity index (χ3v) is 12.4. The van der Waals surface area contributed by atoms with Gasteiger partial charge in [0.1, 0.15) is 11.5 Å². The molecule has 6 aliphatic rings. The average Bonchev–Trinajstić information content (AvgIpc) is 3.74. The Morgan fingerprint density at radius 1 is 0.675 bits per heavy atom. The molecule has 9 rings (SSSR count). The zero-order valence-corrected chi connectivity index (χ0v) is 23.1. The maximum absolute atomic E-state index is 14.1. The standard InChI is InChI=1S/C34H32O6/c1-37-29-19-12-15-7-5-6-8-16(15)13-20(19)30(38-2)24-22-14-21(23(24)29)27-28(22)34(32(36)40-4)26-18-10-9-17(11-18)25(26)33(27,34)31(35)39-3/h5-10,12-13,17-18,21-22,25-28H,11,14H2,1-4H3/t17-,18+,21-,22+,25+,26-,27-,28+,33+,34-. The van der Waals surface area contributed by atoms with E-state index in [0.717, 1.165) is 57.0 Å². The Balaban J connectivity index is 1.34. The van der Waals surface area contributed by atoms with Crippen LogP contribution in [0.3, 0.4) is 0 Å². The summed E-state index contributed by atoms with van der Waals surface area (Å²) in [6, 6.07) is 12.7. The first-order valence-corrected chi connectivity index (χ1v) is 14.5. The van der Waals surface area contributed by atoms with Gasteiger partial charge in [-0.15, -0.1) is 0 Å². The molecule has 4 fully saturated rings. The number of rotatable bonds is 4. The largest absolute Gasteiger partial charge is 0.496 e. The van der Waals surface area contributed by atoms with Crippen LogP contribution in [0.15, 0.2) is 48.6 Å². The first-order chi connectivity index (χ1) is 19.5. The third kappa shape index (κ3) is 2.04. The van der Waals surface area contributed by atoms with E-state index in [2.05, 4.69) is 48.6 Å². The summed E-state index contributed by atoms with van der Waals surface area (Å²) in [4.78, 5) is 28.2. The van der Waals surface area contributed by atoms with Crippen molar-refractivity contribution in [2.45, 2.75) is 24.7 Å². The van der Waals surface area contributed by atoms with E-state index >= 15 is 0 Å². The normalized spacial score (nSPS) is 40.1. The number of carbonyl (C=O) groups is 2. The van der Waals surface area contributed by atoms with Crippen molar-refractivity contribution < 1.29 is 28.5 Å². The molecule has 0 aromatic heterocycles. The van der Waals surface area contributed by atoms with Gasteiger partial charge in [-0.2, -0.15) is 0 Å². The van der Waals surface area contributed by atoms with Crippen molar-refractivity contribution in [2.24, 2.45) is 46.3 Å². The van der Waals surface area contributed by atoms with Crippen LogP contribution in [-0.4, -0.2) is 40.4 Å². The van der Waals surface area contributed by atoms with Crippen molar-refractivity contribution >= 4 is 33.5 Å². The Hall–Kier alpha value is -3.54. The van der Waals surface area contributed by atoms with Gasteiger partial charge in [0, 0.05) is 21.9 Å². The zero-order valence-electron chi connectivity index (χ0n) is 23.1. The number of hydrogen-bond donors (Lipinski definition) is 0. The lowest BCUT2D eigenvalue weighted by molar-refractivity contribution is -0.345. The molecule has 3 aromatic carbocycles. The van der Waals surface area contributed by atoms with Crippen LogP contribution < -0.4 is 9.47 Å². The highest BCUT2D eigenvalue weighted by molar-refractivity contribution is 6.06. The second-order valence-corrected chi connectivity index (χ2v) is 12.9. The zero-order chi connectivity index (χ0) is 27.3. The Morgan fingerprint density at radius 2 is 1.12 bits per heavy atom. The SMILES string of the molecule is COC(=O)[C@@]12[C@@H]3[C@@H]([C@H]4C=C[C@@H]3C4)[C@]1(C(=O)OC)[C@@H]1[C@H]2[C@@H]2C[C@H]1c1c2c(OC)c2cc3ccccc3cc2c1OC. The predicted octanol–water partition coefficient (Wildman–Crippen LogP) is 5.61. The van der Waals surface area contributed by atoms with Crippen LogP contribution in [0.1, 0.15) is 35.8 Å². The number of fused-ring (bicyclic) bond motifs is 20. The second kappa shape index (κ2) is 7.20. The van der Waals surface area contributed by atoms with Gasteiger partial charge in [-0.25, -0.2) is 0 Å². The Morgan fingerprint density at radius 3 is 1.52 bits per heavy atom. The van der Waals surface area contributed by atoms with Crippen molar-refractivity contribution in [1.82, 2.24) is 0 Å². The molecule has 4 saturated carbocycles. The summed E-state index contributed by atoms with van der Waals surface area (Å²) in [5, 5.41) is 4.35. The minimum absolute atomic E-state index is 0.0158. The van der Waals surface area contributed by atoms with Crippen LogP contribution in [0.2, 0.25) is 0 Å². The Bertz CT molecular complexity index is 1600. The molecule has 0 N–H and O–H groups in total. The molecule has 0 saturated heterocycles. The van der Waals surface area contributed by atoms with Crippen molar-refractivity contribution in [2.75, 3.05) is 28.4 Å². The molecule has 4 bridgehead atoms. The molecule has 204 valence electrons. The summed E-state index contributed by atoms with van der Waals surface area (Å²) in [5.41, 5.74) is 0.610. The summed E-state index contributed by atoms with van der Waals surface area (Å²) in [7, 11) is 6.45. The van der Waals surface area contributed by atoms with Crippen molar-refractivity contribution in [3.63, 3.8) is 0 Å². The number of methoxy groups -OCH3 is 4. The minimum Gasteiger partial charge on any atom is -0.496 e. The number of carbonyl (C=O) groups excluding carboxylic acids is 2. The van der Waals surface area contributed by atoms with Gasteiger partial charge >= 0.3 is 11.9 Å². The smallest absolute Gasteiger partial charge is 0.313 e. The van der Waals surface area contributed by atoms with Gasteiger partial charge in [-0.3, -0.25) is 9.59 Å². The molecule has 10 atom stereocenters. The lowest BCUT2D eigenvalue weighted by atomic mass is 9.19. The highest BCUT2D eigenvalue weighted by Crippen LogP contribution is 2.94. The molecule has 3 aromatic rings. The first kappa shape index (κ1) is 23.2. The number of esters is 2. The number of hydrogen-bond acceptors (Lipinski definition) is 6. The van der Waals surface area contributed by atoms with Gasteiger partial charge in [0.25, 0.3) is 0 Å². The van der Waals surface area contributed by atoms with Gasteiger partial charge in [-0.05, 0) is 83.1 Å². The molecule has 6 nitrogen and oxygen atoms in total. The third-order valence-electron chi connectivity index (χ3n) is 12.4. The van der Waals surface area contributed by atoms with Crippen molar-refractivity contribution in [3.8, 4) is 11.5 Å². The molecular weight excluding hydrogens is 504 g/mol. The number of ether oxygens (including phenoxy) is 4. The van der Waals surface area contributed by atoms with Crippen molar-refractivity contribution in [1.29, 1.82) is 0 Å². The van der Waals surface area contributed by atoms with E-state index in [1.165, 1.54) is 14.2 Å². The summed E-state index contributed by atoms with van der Waals surface area (Å²) in [6.45, 7) is 0. The monoisotopic (exact) mass is 536 g/mol. The highest BCUT2D eigenvalue weighted by Gasteiger charge is 2.97. The van der Waals surface area contributed by atoms with Gasteiger partial charge < -0.3 is 18.9 Å². The highest BCUT2D eigenvalue weighted by atomic mass is 16.5. The van der Waals surface area contributed by atoms with Crippen LogP contribution in [-0.2, 0) is 19.1 Å². The van der Waals surface area contributed by atoms with E-state index in [4.69, 9.17) is 18.9 Å². The maximum atomic E-state index is 14.1. The van der Waals surface area contributed by atoms with E-state index in [0.29, 0.717) is 11.8 Å². The summed E-state index contributed by atoms with van der Waals surface area (Å²) in [5.74, 6) is 2.37. The number of allylic oxidation sites excluding steroid dienone is 2. The molecule has 6 aliphatic carbocycles. The van der Waals surface area contributed by atoms with E-state index in [-0.39, 0.29) is 47.4 Å². The molecule has 40 heavy (non-hydrogen) atoms. The lowest BCUT2D eigenvalue weighted by Crippen LogP contribution is -2.87. The van der Waals surface area contributed by atoms with E-state index < -0.39 is 10.8 Å². The topological polar surface area (TPSA) is 71.1 Å². The molecule has 0 aliphatic heterocycles. The summed E-state index contributed by atoms with van der Waals surface area (Å²) in [6.07, 6.45) is 6.47. The fourth-order valence-corrected chi connectivity index (χ4v) is 11.8. The number of benzene rings is 3. The predicted molar refractivity (Wildman–Crippen MR) is 148 cm³/mol. The molecule has 0 radical (unpaired) electrons. The molecule has 6 heteroatoms. The summed E-state index contributed by atoms with van der Waals surface area (Å²) >= 11 is 0. The lowest BCUT2D eigenvalue weighted by Gasteiger charge is -2.80. The Labute approximate surface area is 232 Å². The van der Waals surface area contributed by atoms with Crippen molar-refractivity contribution in [3.05, 3.63) is 59.7 Å². The molecule has 0 amide bonds. The van der Waals surface area contributed by atoms with Crippen LogP contribution in [0.25, 0.3) is 21.5 Å². The maximum Gasteiger partial charge on any atom is 0.313 e. The molecule has 0 heterocycles. The van der Waals surface area contributed by atoms with E-state index in [1.807, 2.05) is 0 Å². The van der Waals surface area contributed by atoms with Gasteiger partial charge in [-0.1, -0.05) is 36.4 Å². The fourth-order valence-electron chi connectivity index (χ4n) is 11.8. The second-order valence-electron chi connectivity index (χ2n) is 12.9. The Kier molecular flexibility index (Phi) is 4.18. The fraction of sp³-hybridized carbons (Fsp3) is 0.471. The first-order valence-electron chi connectivity index (χ1n) is 14.5. The van der Waals surface area contributed by atoms with Crippen LogP contribution in [0, 0.1) is 46.3 Å².